The number of aliphatic hydroxyl groups excluding tert-OH is 1. The summed E-state index contributed by atoms with van der Waals surface area (Å²) in [7, 11) is 0. The Bertz CT molecular complexity index is 430. The maximum atomic E-state index is 9.88. The largest absolute Gasteiger partial charge is 0.389 e. The molecule has 1 heterocycles. The molecule has 4 nitrogen and oxygen atoms in total. The van der Waals surface area contributed by atoms with Crippen molar-refractivity contribution >= 4 is 11.6 Å². The molecule has 1 saturated heterocycles. The Balaban J connectivity index is 1.57. The van der Waals surface area contributed by atoms with E-state index >= 15 is 0 Å². The topological polar surface area (TPSA) is 50.7 Å². The zero-order valence-corrected chi connectivity index (χ0v) is 13.2. The molecule has 1 aromatic rings. The molecule has 2 N–H and O–H groups in total. The number of halogens is 1. The predicted molar refractivity (Wildman–Crippen MR) is 83.5 cm³/mol. The van der Waals surface area contributed by atoms with E-state index in [4.69, 9.17) is 21.1 Å². The van der Waals surface area contributed by atoms with Gasteiger partial charge in [-0.2, -0.15) is 0 Å². The number of ether oxygens (including phenoxy) is 2. The molecule has 0 radical (unpaired) electrons. The summed E-state index contributed by atoms with van der Waals surface area (Å²) in [4.78, 5) is 0. The first-order chi connectivity index (χ1) is 10.2. The third-order valence-electron chi connectivity index (χ3n) is 3.85. The van der Waals surface area contributed by atoms with Crippen molar-refractivity contribution in [3.05, 3.63) is 34.9 Å². The van der Waals surface area contributed by atoms with Crippen molar-refractivity contribution in [2.24, 2.45) is 5.92 Å². The van der Waals surface area contributed by atoms with Crippen LogP contribution in [0.15, 0.2) is 24.3 Å². The molecule has 2 rings (SSSR count). The van der Waals surface area contributed by atoms with Crippen LogP contribution in [0.5, 0.6) is 0 Å². The Kier molecular flexibility index (Phi) is 6.93. The number of hydrogen-bond donors (Lipinski definition) is 2. The summed E-state index contributed by atoms with van der Waals surface area (Å²) in [6, 6.07) is 7.57. The van der Waals surface area contributed by atoms with Crippen LogP contribution < -0.4 is 5.32 Å². The highest BCUT2D eigenvalue weighted by atomic mass is 35.5. The molecule has 1 aliphatic heterocycles. The number of nitrogens with one attached hydrogen (secondary N) is 1. The molecule has 0 spiro atoms. The molecule has 3 atom stereocenters. The van der Waals surface area contributed by atoms with Crippen LogP contribution >= 0.6 is 11.6 Å². The lowest BCUT2D eigenvalue weighted by atomic mass is 10.0. The summed E-state index contributed by atoms with van der Waals surface area (Å²) >= 11 is 6.04. The van der Waals surface area contributed by atoms with Crippen LogP contribution in [-0.4, -0.2) is 43.6 Å². The highest BCUT2D eigenvalue weighted by Crippen LogP contribution is 2.19. The maximum Gasteiger partial charge on any atom is 0.0897 e. The van der Waals surface area contributed by atoms with E-state index in [0.29, 0.717) is 36.8 Å². The van der Waals surface area contributed by atoms with Gasteiger partial charge in [0, 0.05) is 24.7 Å². The van der Waals surface area contributed by atoms with Crippen molar-refractivity contribution in [1.29, 1.82) is 0 Å². The van der Waals surface area contributed by atoms with E-state index < -0.39 is 6.10 Å². The Hall–Kier alpha value is -0.650. The average molecular weight is 314 g/mol. The number of rotatable bonds is 8. The molecule has 0 aromatic heterocycles. The van der Waals surface area contributed by atoms with Gasteiger partial charge >= 0.3 is 0 Å². The van der Waals surface area contributed by atoms with Gasteiger partial charge in [0.05, 0.1) is 25.4 Å². The summed E-state index contributed by atoms with van der Waals surface area (Å²) in [6.07, 6.45) is 0.893. The number of hydrogen-bond acceptors (Lipinski definition) is 4. The quantitative estimate of drug-likeness (QED) is 0.773. The van der Waals surface area contributed by atoms with Gasteiger partial charge in [-0.25, -0.2) is 0 Å². The summed E-state index contributed by atoms with van der Waals surface area (Å²) in [5.74, 6) is 0.543. The summed E-state index contributed by atoms with van der Waals surface area (Å²) < 4.78 is 11.0. The Morgan fingerprint density at radius 2 is 2.29 bits per heavy atom. The number of benzene rings is 1. The monoisotopic (exact) mass is 313 g/mol. The van der Waals surface area contributed by atoms with E-state index in [1.165, 1.54) is 0 Å². The molecule has 0 bridgehead atoms. The lowest BCUT2D eigenvalue weighted by Crippen LogP contribution is -2.35. The highest BCUT2D eigenvalue weighted by Gasteiger charge is 2.23. The fraction of sp³-hybridized carbons (Fsp3) is 0.625. The van der Waals surface area contributed by atoms with Crippen LogP contribution in [0, 0.1) is 5.92 Å². The van der Waals surface area contributed by atoms with Gasteiger partial charge in [0.2, 0.25) is 0 Å². The van der Waals surface area contributed by atoms with E-state index in [1.54, 1.807) is 0 Å². The van der Waals surface area contributed by atoms with Crippen molar-refractivity contribution in [2.45, 2.75) is 32.2 Å². The minimum Gasteiger partial charge on any atom is -0.389 e. The van der Waals surface area contributed by atoms with Crippen molar-refractivity contribution in [3.63, 3.8) is 0 Å². The first-order valence-electron chi connectivity index (χ1n) is 7.48. The average Bonchev–Trinajstić information content (AvgIpc) is 2.87. The molecule has 0 amide bonds. The second kappa shape index (κ2) is 8.71. The molecule has 5 heteroatoms. The van der Waals surface area contributed by atoms with Gasteiger partial charge in [-0.05, 0) is 30.9 Å². The third kappa shape index (κ3) is 5.57. The Labute approximate surface area is 131 Å². The molecule has 0 saturated carbocycles. The first kappa shape index (κ1) is 16.7. The summed E-state index contributed by atoms with van der Waals surface area (Å²) in [5, 5.41) is 13.9. The van der Waals surface area contributed by atoms with Crippen LogP contribution in [0.3, 0.4) is 0 Å². The zero-order valence-electron chi connectivity index (χ0n) is 12.4. The van der Waals surface area contributed by atoms with Crippen LogP contribution in [0.2, 0.25) is 5.02 Å². The fourth-order valence-electron chi connectivity index (χ4n) is 2.46. The summed E-state index contributed by atoms with van der Waals surface area (Å²) in [6.45, 7) is 5.08. The zero-order chi connectivity index (χ0) is 15.1. The standard InChI is InChI=1S/C16H24ClNO3/c1-12-13(6-7-21-12)8-18-9-15(19)11-20-10-14-4-2-3-5-16(14)17/h2-5,12-13,15,18-19H,6-11H2,1H3. The van der Waals surface area contributed by atoms with Gasteiger partial charge < -0.3 is 19.9 Å². The molecule has 0 aliphatic carbocycles. The minimum atomic E-state index is -0.509. The van der Waals surface area contributed by atoms with Crippen molar-refractivity contribution < 1.29 is 14.6 Å². The minimum absolute atomic E-state index is 0.301. The van der Waals surface area contributed by atoms with E-state index in [9.17, 15) is 5.11 Å². The third-order valence-corrected chi connectivity index (χ3v) is 4.21. The smallest absolute Gasteiger partial charge is 0.0897 e. The number of aliphatic hydroxyl groups is 1. The summed E-state index contributed by atoms with van der Waals surface area (Å²) in [5.41, 5.74) is 0.941. The molecule has 1 aliphatic rings. The van der Waals surface area contributed by atoms with E-state index in [2.05, 4.69) is 12.2 Å². The van der Waals surface area contributed by atoms with E-state index in [1.807, 2.05) is 24.3 Å². The lowest BCUT2D eigenvalue weighted by Gasteiger charge is -2.17. The predicted octanol–water partition coefficient (Wildman–Crippen LogP) is 2.23. The SMILES string of the molecule is CC1OCCC1CNCC(O)COCc1ccccc1Cl. The Morgan fingerprint density at radius 1 is 1.48 bits per heavy atom. The van der Waals surface area contributed by atoms with Gasteiger partial charge in [-0.15, -0.1) is 0 Å². The molecule has 1 fully saturated rings. The Morgan fingerprint density at radius 3 is 3.00 bits per heavy atom. The van der Waals surface area contributed by atoms with Crippen LogP contribution in [0.1, 0.15) is 18.9 Å². The molecule has 1 aromatic carbocycles. The molecule has 3 unspecified atom stereocenters. The van der Waals surface area contributed by atoms with Gasteiger partial charge in [0.25, 0.3) is 0 Å². The van der Waals surface area contributed by atoms with Crippen molar-refractivity contribution in [2.75, 3.05) is 26.3 Å². The van der Waals surface area contributed by atoms with Crippen LogP contribution in [-0.2, 0) is 16.1 Å². The van der Waals surface area contributed by atoms with E-state index in [-0.39, 0.29) is 0 Å². The van der Waals surface area contributed by atoms with Gasteiger partial charge in [-0.1, -0.05) is 29.8 Å². The van der Waals surface area contributed by atoms with Crippen LogP contribution in [0.4, 0.5) is 0 Å². The second-order valence-electron chi connectivity index (χ2n) is 5.54. The normalized spacial score (nSPS) is 23.4. The highest BCUT2D eigenvalue weighted by molar-refractivity contribution is 6.31. The molecular formula is C16H24ClNO3. The molecule has 118 valence electrons. The van der Waals surface area contributed by atoms with Gasteiger partial charge in [0.1, 0.15) is 0 Å². The fourth-order valence-corrected chi connectivity index (χ4v) is 2.65. The maximum absolute atomic E-state index is 9.88. The van der Waals surface area contributed by atoms with Crippen molar-refractivity contribution in [1.82, 2.24) is 5.32 Å². The second-order valence-corrected chi connectivity index (χ2v) is 5.95. The van der Waals surface area contributed by atoms with Gasteiger partial charge in [-0.3, -0.25) is 0 Å². The van der Waals surface area contributed by atoms with E-state index in [0.717, 1.165) is 25.1 Å². The molecule has 21 heavy (non-hydrogen) atoms. The van der Waals surface area contributed by atoms with Crippen molar-refractivity contribution in [3.8, 4) is 0 Å². The first-order valence-corrected chi connectivity index (χ1v) is 7.86. The van der Waals surface area contributed by atoms with Gasteiger partial charge in [0.15, 0.2) is 0 Å². The molecular weight excluding hydrogens is 290 g/mol. The lowest BCUT2D eigenvalue weighted by molar-refractivity contribution is 0.0279. The van der Waals surface area contributed by atoms with Crippen LogP contribution in [0.25, 0.3) is 0 Å².